The number of nitrogens with one attached hydrogen (secondary N) is 1. The molecule has 0 aliphatic rings. The third kappa shape index (κ3) is 10.0. The predicted octanol–water partition coefficient (Wildman–Crippen LogP) is 5.52. The summed E-state index contributed by atoms with van der Waals surface area (Å²) in [6, 6.07) is 24.4. The van der Waals surface area contributed by atoms with Crippen LogP contribution in [0.2, 0.25) is 0 Å². The van der Waals surface area contributed by atoms with Gasteiger partial charge in [-0.1, -0.05) is 93.1 Å². The summed E-state index contributed by atoms with van der Waals surface area (Å²) in [6.07, 6.45) is 2.84. The molecule has 3 aromatic rings. The van der Waals surface area contributed by atoms with Gasteiger partial charge in [-0.25, -0.2) is 8.42 Å². The molecule has 0 spiro atoms. The molecular weight excluding hydrogens is 546 g/mol. The topological polar surface area (TPSA) is 86.8 Å². The van der Waals surface area contributed by atoms with Gasteiger partial charge in [0.15, 0.2) is 0 Å². The number of carbonyl (C=O) groups excluding carboxylic acids is 2. The van der Waals surface area contributed by atoms with Crippen LogP contribution in [0.15, 0.2) is 78.9 Å². The Balaban J connectivity index is 1.87. The molecule has 0 aliphatic heterocycles. The molecule has 0 saturated carbocycles. The first-order chi connectivity index (χ1) is 20.0. The second-order valence-corrected chi connectivity index (χ2v) is 13.2. The van der Waals surface area contributed by atoms with Crippen LogP contribution in [0.3, 0.4) is 0 Å². The monoisotopic (exact) mass is 591 g/mol. The van der Waals surface area contributed by atoms with Crippen molar-refractivity contribution in [3.8, 4) is 0 Å². The van der Waals surface area contributed by atoms with E-state index in [2.05, 4.69) is 5.32 Å². The first-order valence-electron chi connectivity index (χ1n) is 14.7. The van der Waals surface area contributed by atoms with Crippen molar-refractivity contribution in [3.05, 3.63) is 101 Å². The fraction of sp³-hybridized carbons (Fsp3) is 0.412. The molecule has 1 atom stereocenters. The molecule has 0 aliphatic carbocycles. The van der Waals surface area contributed by atoms with E-state index in [1.807, 2.05) is 94.4 Å². The van der Waals surface area contributed by atoms with Gasteiger partial charge in [0, 0.05) is 32.5 Å². The third-order valence-electron chi connectivity index (χ3n) is 7.18. The summed E-state index contributed by atoms with van der Waals surface area (Å²) >= 11 is 0. The summed E-state index contributed by atoms with van der Waals surface area (Å²) in [4.78, 5) is 29.2. The van der Waals surface area contributed by atoms with Gasteiger partial charge in [0.2, 0.25) is 21.8 Å². The summed E-state index contributed by atoms with van der Waals surface area (Å²) < 4.78 is 26.7. The van der Waals surface area contributed by atoms with Crippen molar-refractivity contribution < 1.29 is 18.0 Å². The molecule has 8 heteroatoms. The van der Waals surface area contributed by atoms with Gasteiger partial charge in [-0.3, -0.25) is 13.9 Å². The van der Waals surface area contributed by atoms with Gasteiger partial charge in [0.05, 0.1) is 11.9 Å². The number of hydrogen-bond donors (Lipinski definition) is 1. The highest BCUT2D eigenvalue weighted by atomic mass is 32.2. The zero-order valence-corrected chi connectivity index (χ0v) is 26.4. The molecule has 3 aromatic carbocycles. The lowest BCUT2D eigenvalue weighted by atomic mass is 10.0. The van der Waals surface area contributed by atoms with Crippen molar-refractivity contribution in [2.75, 3.05) is 23.7 Å². The number of benzene rings is 3. The molecule has 3 rings (SSSR count). The Morgan fingerprint density at radius 3 is 2.14 bits per heavy atom. The predicted molar refractivity (Wildman–Crippen MR) is 171 cm³/mol. The van der Waals surface area contributed by atoms with E-state index in [4.69, 9.17) is 0 Å². The average molecular weight is 592 g/mol. The maximum absolute atomic E-state index is 13.9. The number of aryl methyl sites for hydroxylation is 2. The molecule has 0 unspecified atom stereocenters. The normalized spacial score (nSPS) is 12.1. The molecule has 226 valence electrons. The van der Waals surface area contributed by atoms with Crippen LogP contribution in [0.4, 0.5) is 5.69 Å². The van der Waals surface area contributed by atoms with Crippen molar-refractivity contribution >= 4 is 27.5 Å². The van der Waals surface area contributed by atoms with E-state index < -0.39 is 16.1 Å². The Kier molecular flexibility index (Phi) is 12.2. The lowest BCUT2D eigenvalue weighted by Gasteiger charge is -2.32. The number of rotatable bonds is 15. The highest BCUT2D eigenvalue weighted by Gasteiger charge is 2.30. The van der Waals surface area contributed by atoms with Gasteiger partial charge in [-0.05, 0) is 54.5 Å². The molecule has 0 fully saturated rings. The van der Waals surface area contributed by atoms with Crippen molar-refractivity contribution in [2.24, 2.45) is 5.92 Å². The van der Waals surface area contributed by atoms with Crippen LogP contribution in [0.25, 0.3) is 0 Å². The van der Waals surface area contributed by atoms with Crippen molar-refractivity contribution in [3.63, 3.8) is 0 Å². The van der Waals surface area contributed by atoms with Crippen LogP contribution >= 0.6 is 0 Å². The molecule has 0 radical (unpaired) electrons. The molecule has 2 amide bonds. The van der Waals surface area contributed by atoms with Gasteiger partial charge in [0.25, 0.3) is 0 Å². The van der Waals surface area contributed by atoms with Crippen LogP contribution in [0.5, 0.6) is 0 Å². The summed E-state index contributed by atoms with van der Waals surface area (Å²) in [5, 5.41) is 3.04. The second-order valence-electron chi connectivity index (χ2n) is 11.3. The zero-order valence-electron chi connectivity index (χ0n) is 25.5. The SMILES string of the molecule is CCc1ccc(N(CCCC(=O)N(Cc2cccc(C)c2)[C@@H](Cc2ccccc2)C(=O)NCC(C)C)S(C)(=O)=O)cc1. The molecule has 1 N–H and O–H groups in total. The van der Waals surface area contributed by atoms with Crippen LogP contribution < -0.4 is 9.62 Å². The van der Waals surface area contributed by atoms with Crippen LogP contribution in [0, 0.1) is 12.8 Å². The van der Waals surface area contributed by atoms with Gasteiger partial charge in [-0.15, -0.1) is 0 Å². The van der Waals surface area contributed by atoms with Gasteiger partial charge in [-0.2, -0.15) is 0 Å². The minimum Gasteiger partial charge on any atom is -0.354 e. The number of amides is 2. The van der Waals surface area contributed by atoms with E-state index in [0.29, 0.717) is 25.1 Å². The molecule has 0 saturated heterocycles. The van der Waals surface area contributed by atoms with E-state index in [9.17, 15) is 18.0 Å². The Hall–Kier alpha value is -3.65. The standard InChI is InChI=1S/C34H45N3O4S/c1-6-28-17-19-31(20-18-28)37(42(5,40)41)21-11-16-33(38)36(25-30-15-10-12-27(4)22-30)32(34(39)35-24-26(2)3)23-29-13-8-7-9-14-29/h7-10,12-15,17-20,22,26,32H,6,11,16,21,23-25H2,1-5H3,(H,35,39)/t32-/m0/s1. The first-order valence-corrected chi connectivity index (χ1v) is 16.6. The molecule has 42 heavy (non-hydrogen) atoms. The minimum absolute atomic E-state index is 0.105. The highest BCUT2D eigenvalue weighted by Crippen LogP contribution is 2.21. The summed E-state index contributed by atoms with van der Waals surface area (Å²) in [5.74, 6) is -0.116. The van der Waals surface area contributed by atoms with E-state index in [1.54, 1.807) is 17.0 Å². The van der Waals surface area contributed by atoms with Gasteiger partial charge >= 0.3 is 0 Å². The summed E-state index contributed by atoms with van der Waals surface area (Å²) in [7, 11) is -3.55. The van der Waals surface area contributed by atoms with Crippen LogP contribution in [-0.2, 0) is 39.0 Å². The van der Waals surface area contributed by atoms with E-state index >= 15 is 0 Å². The first kappa shape index (κ1) is 32.9. The number of sulfonamides is 1. The van der Waals surface area contributed by atoms with Crippen LogP contribution in [0.1, 0.15) is 55.9 Å². The Labute approximate surface area is 252 Å². The van der Waals surface area contributed by atoms with Crippen molar-refractivity contribution in [1.82, 2.24) is 10.2 Å². The van der Waals surface area contributed by atoms with E-state index in [0.717, 1.165) is 28.7 Å². The lowest BCUT2D eigenvalue weighted by Crippen LogP contribution is -2.51. The number of carbonyl (C=O) groups is 2. The zero-order chi connectivity index (χ0) is 30.7. The second kappa shape index (κ2) is 15.5. The Morgan fingerprint density at radius 1 is 0.881 bits per heavy atom. The smallest absolute Gasteiger partial charge is 0.243 e. The fourth-order valence-electron chi connectivity index (χ4n) is 4.89. The molecule has 7 nitrogen and oxygen atoms in total. The summed E-state index contributed by atoms with van der Waals surface area (Å²) in [6.45, 7) is 9.07. The van der Waals surface area contributed by atoms with E-state index in [1.165, 1.54) is 10.6 Å². The highest BCUT2D eigenvalue weighted by molar-refractivity contribution is 7.92. The summed E-state index contributed by atoms with van der Waals surface area (Å²) in [5.41, 5.74) is 4.67. The Bertz CT molecular complexity index is 1410. The third-order valence-corrected chi connectivity index (χ3v) is 8.37. The quantitative estimate of drug-likeness (QED) is 0.252. The fourth-order valence-corrected chi connectivity index (χ4v) is 5.85. The number of anilines is 1. The number of nitrogens with zero attached hydrogens (tertiary/aromatic N) is 2. The van der Waals surface area contributed by atoms with Crippen molar-refractivity contribution in [1.29, 1.82) is 0 Å². The van der Waals surface area contributed by atoms with Crippen molar-refractivity contribution in [2.45, 2.75) is 66.0 Å². The molecular formula is C34H45N3O4S. The average Bonchev–Trinajstić information content (AvgIpc) is 2.95. The number of hydrogen-bond acceptors (Lipinski definition) is 4. The maximum Gasteiger partial charge on any atom is 0.243 e. The molecule has 0 bridgehead atoms. The molecule has 0 aromatic heterocycles. The largest absolute Gasteiger partial charge is 0.354 e. The Morgan fingerprint density at radius 2 is 1.55 bits per heavy atom. The van der Waals surface area contributed by atoms with Gasteiger partial charge in [0.1, 0.15) is 6.04 Å². The van der Waals surface area contributed by atoms with Gasteiger partial charge < -0.3 is 10.2 Å². The maximum atomic E-state index is 13.9. The van der Waals surface area contributed by atoms with Crippen LogP contribution in [-0.4, -0.2) is 50.5 Å². The minimum atomic E-state index is -3.55. The van der Waals surface area contributed by atoms with E-state index in [-0.39, 0.29) is 37.2 Å². The lowest BCUT2D eigenvalue weighted by molar-refractivity contribution is -0.141. The molecule has 0 heterocycles.